The van der Waals surface area contributed by atoms with Gasteiger partial charge in [-0.25, -0.2) is 9.37 Å². The second-order valence-electron chi connectivity index (χ2n) is 7.80. The summed E-state index contributed by atoms with van der Waals surface area (Å²) >= 11 is 1.53. The molecular formula is C21H22FN3OS. The number of hydrogen-bond acceptors (Lipinski definition) is 4. The molecule has 0 amide bonds. The van der Waals surface area contributed by atoms with Crippen LogP contribution in [0.4, 0.5) is 4.39 Å². The number of aromatic nitrogens is 2. The highest BCUT2D eigenvalue weighted by atomic mass is 32.1. The first kappa shape index (κ1) is 17.1. The van der Waals surface area contributed by atoms with E-state index in [4.69, 9.17) is 0 Å². The Morgan fingerprint density at radius 1 is 1.22 bits per heavy atom. The Bertz CT molecular complexity index is 1050. The molecule has 2 aromatic heterocycles. The summed E-state index contributed by atoms with van der Waals surface area (Å²) in [6.07, 6.45) is 5.51. The van der Waals surface area contributed by atoms with E-state index in [0.29, 0.717) is 11.3 Å². The zero-order valence-electron chi connectivity index (χ0n) is 15.3. The van der Waals surface area contributed by atoms with E-state index in [2.05, 4.69) is 9.88 Å². The fourth-order valence-corrected chi connectivity index (χ4v) is 5.30. The molecule has 1 atom stereocenters. The van der Waals surface area contributed by atoms with E-state index in [0.717, 1.165) is 52.9 Å². The second-order valence-corrected chi connectivity index (χ2v) is 9.01. The molecule has 0 spiro atoms. The fourth-order valence-electron chi connectivity index (χ4n) is 4.29. The quantitative estimate of drug-likeness (QED) is 0.682. The van der Waals surface area contributed by atoms with Gasteiger partial charge in [-0.15, -0.1) is 11.3 Å². The summed E-state index contributed by atoms with van der Waals surface area (Å²) in [6.45, 7) is 4.96. The van der Waals surface area contributed by atoms with Crippen LogP contribution in [0, 0.1) is 18.7 Å². The predicted octanol–water partition coefficient (Wildman–Crippen LogP) is 4.06. The van der Waals surface area contributed by atoms with E-state index in [1.54, 1.807) is 23.0 Å². The van der Waals surface area contributed by atoms with Crippen LogP contribution in [0.2, 0.25) is 0 Å². The van der Waals surface area contributed by atoms with Crippen LogP contribution >= 0.6 is 11.3 Å². The molecule has 5 rings (SSSR count). The van der Waals surface area contributed by atoms with Gasteiger partial charge in [0.05, 0.1) is 11.7 Å². The lowest BCUT2D eigenvalue weighted by Gasteiger charge is -2.15. The summed E-state index contributed by atoms with van der Waals surface area (Å²) in [5.41, 5.74) is 1.79. The number of aryl methyl sites for hydroxylation is 1. The predicted molar refractivity (Wildman–Crippen MR) is 107 cm³/mol. The van der Waals surface area contributed by atoms with Crippen molar-refractivity contribution in [2.24, 2.45) is 5.92 Å². The van der Waals surface area contributed by atoms with Crippen LogP contribution in [0.3, 0.4) is 0 Å². The van der Waals surface area contributed by atoms with E-state index in [1.807, 2.05) is 6.92 Å². The number of likely N-dealkylation sites (tertiary alicyclic amines) is 1. The molecule has 2 fully saturated rings. The zero-order valence-corrected chi connectivity index (χ0v) is 16.1. The molecule has 4 nitrogen and oxygen atoms in total. The van der Waals surface area contributed by atoms with Crippen molar-refractivity contribution in [3.8, 4) is 11.1 Å². The first-order valence-corrected chi connectivity index (χ1v) is 10.4. The highest BCUT2D eigenvalue weighted by Gasteiger charge is 2.34. The summed E-state index contributed by atoms with van der Waals surface area (Å²) in [6, 6.07) is 7.16. The smallest absolute Gasteiger partial charge is 0.262 e. The van der Waals surface area contributed by atoms with Gasteiger partial charge in [-0.2, -0.15) is 0 Å². The molecule has 1 aromatic carbocycles. The van der Waals surface area contributed by atoms with Crippen molar-refractivity contribution >= 4 is 21.6 Å². The third-order valence-corrected chi connectivity index (χ3v) is 6.84. The third kappa shape index (κ3) is 3.11. The number of benzene rings is 1. The normalized spacial score (nSPS) is 20.6. The number of rotatable bonds is 4. The summed E-state index contributed by atoms with van der Waals surface area (Å²) < 4.78 is 15.1. The minimum Gasteiger partial charge on any atom is -0.300 e. The molecule has 0 bridgehead atoms. The van der Waals surface area contributed by atoms with Crippen molar-refractivity contribution < 1.29 is 4.39 Å². The molecule has 2 aliphatic rings. The van der Waals surface area contributed by atoms with Gasteiger partial charge in [0.25, 0.3) is 5.56 Å². The Balaban J connectivity index is 1.51. The monoisotopic (exact) mass is 383 g/mol. The molecule has 0 radical (unpaired) electrons. The van der Waals surface area contributed by atoms with Gasteiger partial charge in [-0.1, -0.05) is 12.1 Å². The van der Waals surface area contributed by atoms with Crippen LogP contribution in [-0.4, -0.2) is 33.6 Å². The van der Waals surface area contributed by atoms with Crippen molar-refractivity contribution in [3.05, 3.63) is 51.6 Å². The van der Waals surface area contributed by atoms with Gasteiger partial charge in [0.1, 0.15) is 10.6 Å². The maximum atomic E-state index is 13.3. The van der Waals surface area contributed by atoms with Crippen LogP contribution in [0.5, 0.6) is 0 Å². The molecule has 140 valence electrons. The molecule has 3 heterocycles. The van der Waals surface area contributed by atoms with Crippen LogP contribution in [-0.2, 0) is 6.54 Å². The van der Waals surface area contributed by atoms with Gasteiger partial charge in [0.2, 0.25) is 0 Å². The largest absolute Gasteiger partial charge is 0.300 e. The van der Waals surface area contributed by atoms with Crippen molar-refractivity contribution in [3.63, 3.8) is 0 Å². The lowest BCUT2D eigenvalue weighted by molar-refractivity contribution is 0.306. The van der Waals surface area contributed by atoms with Crippen molar-refractivity contribution in [1.29, 1.82) is 0 Å². The van der Waals surface area contributed by atoms with Crippen molar-refractivity contribution in [2.75, 3.05) is 13.1 Å². The summed E-state index contributed by atoms with van der Waals surface area (Å²) in [5, 5.41) is 0.670. The molecule has 0 N–H and O–H groups in total. The van der Waals surface area contributed by atoms with Gasteiger partial charge >= 0.3 is 0 Å². The molecule has 27 heavy (non-hydrogen) atoms. The standard InChI is InChI=1S/C21H22FN3OS/c1-13-18(15-2-4-16(22)5-3-15)19-20(27-13)23-12-25(21(19)26)11-14-8-9-24(10-14)17-6-7-17/h2-5,12,14,17H,6-11H2,1H3/t14-/m1/s1. The van der Waals surface area contributed by atoms with Crippen molar-refractivity contribution in [2.45, 2.75) is 38.8 Å². The van der Waals surface area contributed by atoms with E-state index in [-0.39, 0.29) is 11.4 Å². The van der Waals surface area contributed by atoms with Gasteiger partial charge in [0, 0.05) is 29.6 Å². The first-order valence-electron chi connectivity index (χ1n) is 9.58. The summed E-state index contributed by atoms with van der Waals surface area (Å²) in [7, 11) is 0. The molecule has 1 saturated heterocycles. The lowest BCUT2D eigenvalue weighted by atomic mass is 10.0. The maximum Gasteiger partial charge on any atom is 0.262 e. The number of fused-ring (bicyclic) bond motifs is 1. The number of thiophene rings is 1. The Kier molecular flexibility index (Phi) is 4.13. The summed E-state index contributed by atoms with van der Waals surface area (Å²) in [5.74, 6) is 0.240. The van der Waals surface area contributed by atoms with E-state index < -0.39 is 0 Å². The molecule has 1 saturated carbocycles. The average Bonchev–Trinajstić information content (AvgIpc) is 3.31. The van der Waals surface area contributed by atoms with Crippen LogP contribution in [0.1, 0.15) is 24.1 Å². The highest BCUT2D eigenvalue weighted by Crippen LogP contribution is 2.36. The van der Waals surface area contributed by atoms with E-state index in [9.17, 15) is 9.18 Å². The first-order chi connectivity index (χ1) is 13.1. The number of halogens is 1. The zero-order chi connectivity index (χ0) is 18.5. The summed E-state index contributed by atoms with van der Waals surface area (Å²) in [4.78, 5) is 22.2. The maximum absolute atomic E-state index is 13.3. The Morgan fingerprint density at radius 3 is 2.74 bits per heavy atom. The van der Waals surface area contributed by atoms with Gasteiger partial charge in [-0.05, 0) is 56.3 Å². The third-order valence-electron chi connectivity index (χ3n) is 5.82. The minimum atomic E-state index is -0.270. The topological polar surface area (TPSA) is 38.1 Å². The van der Waals surface area contributed by atoms with Crippen molar-refractivity contribution in [1.82, 2.24) is 14.5 Å². The molecule has 6 heteroatoms. The van der Waals surface area contributed by atoms with Gasteiger partial charge in [0.15, 0.2) is 0 Å². The Labute approximate surface area is 161 Å². The number of hydrogen-bond donors (Lipinski definition) is 0. The molecule has 1 aliphatic heterocycles. The molecular weight excluding hydrogens is 361 g/mol. The average molecular weight is 383 g/mol. The van der Waals surface area contributed by atoms with E-state index >= 15 is 0 Å². The SMILES string of the molecule is Cc1sc2ncn(C[C@@H]3CCN(C4CC4)C3)c(=O)c2c1-c1ccc(F)cc1. The highest BCUT2D eigenvalue weighted by molar-refractivity contribution is 7.19. The minimum absolute atomic E-state index is 0.0218. The van der Waals surface area contributed by atoms with Gasteiger partial charge < -0.3 is 4.90 Å². The molecule has 3 aromatic rings. The Hall–Kier alpha value is -2.05. The fraction of sp³-hybridized carbons (Fsp3) is 0.429. The molecule has 0 unspecified atom stereocenters. The second kappa shape index (κ2) is 6.53. The van der Waals surface area contributed by atoms with Crippen LogP contribution < -0.4 is 5.56 Å². The van der Waals surface area contributed by atoms with Crippen LogP contribution in [0.25, 0.3) is 21.3 Å². The molecule has 1 aliphatic carbocycles. The van der Waals surface area contributed by atoms with Crippen LogP contribution in [0.15, 0.2) is 35.4 Å². The Morgan fingerprint density at radius 2 is 2.00 bits per heavy atom. The van der Waals surface area contributed by atoms with Gasteiger partial charge in [-0.3, -0.25) is 9.36 Å². The number of nitrogens with zero attached hydrogens (tertiary/aromatic N) is 3. The van der Waals surface area contributed by atoms with E-state index in [1.165, 1.54) is 36.3 Å². The lowest BCUT2D eigenvalue weighted by Crippen LogP contribution is -2.27.